The smallest absolute Gasteiger partial charge is 0.243 e. The number of benzene rings is 1. The number of halogens is 2. The summed E-state index contributed by atoms with van der Waals surface area (Å²) in [5.41, 5.74) is -1.12. The molecule has 1 aromatic rings. The van der Waals surface area contributed by atoms with Gasteiger partial charge < -0.3 is 0 Å². The van der Waals surface area contributed by atoms with E-state index in [1.165, 1.54) is 23.4 Å². The lowest BCUT2D eigenvalue weighted by Gasteiger charge is -2.34. The van der Waals surface area contributed by atoms with Gasteiger partial charge in [0, 0.05) is 31.0 Å². The van der Waals surface area contributed by atoms with Gasteiger partial charge in [-0.1, -0.05) is 17.7 Å². The van der Waals surface area contributed by atoms with Crippen LogP contribution in [-0.4, -0.2) is 37.3 Å². The van der Waals surface area contributed by atoms with Crippen LogP contribution in [0, 0.1) is 6.92 Å². The van der Waals surface area contributed by atoms with Crippen molar-refractivity contribution in [2.75, 3.05) is 13.1 Å². The van der Waals surface area contributed by atoms with Crippen molar-refractivity contribution in [1.29, 1.82) is 0 Å². The van der Waals surface area contributed by atoms with Crippen molar-refractivity contribution < 1.29 is 17.6 Å². The summed E-state index contributed by atoms with van der Waals surface area (Å²) in [6.45, 7) is 2.96. The molecule has 1 aliphatic rings. The lowest BCUT2D eigenvalue weighted by atomic mass is 9.91. The summed E-state index contributed by atoms with van der Waals surface area (Å²) in [6.07, 6.45) is -0.220. The van der Waals surface area contributed by atoms with Gasteiger partial charge in [-0.2, -0.15) is 4.31 Å². The van der Waals surface area contributed by atoms with E-state index in [2.05, 4.69) is 0 Å². The van der Waals surface area contributed by atoms with Gasteiger partial charge in [0.2, 0.25) is 10.0 Å². The lowest BCUT2D eigenvalue weighted by molar-refractivity contribution is -0.130. The molecule has 116 valence electrons. The Morgan fingerprint density at radius 1 is 1.33 bits per heavy atom. The maximum absolute atomic E-state index is 14.2. The van der Waals surface area contributed by atoms with Gasteiger partial charge >= 0.3 is 0 Å². The van der Waals surface area contributed by atoms with Crippen LogP contribution in [0.5, 0.6) is 0 Å². The highest BCUT2D eigenvalue weighted by Gasteiger charge is 2.42. The number of carbonyl (C=O) groups excluding carboxylic acids is 1. The first kappa shape index (κ1) is 16.4. The van der Waals surface area contributed by atoms with Gasteiger partial charge in [0.15, 0.2) is 11.5 Å². The van der Waals surface area contributed by atoms with Gasteiger partial charge in [0.1, 0.15) is 0 Å². The van der Waals surface area contributed by atoms with Crippen LogP contribution in [-0.2, 0) is 14.8 Å². The zero-order valence-electron chi connectivity index (χ0n) is 11.9. The zero-order chi connectivity index (χ0) is 15.8. The Morgan fingerprint density at radius 2 is 1.90 bits per heavy atom. The number of sulfonamides is 1. The second-order valence-corrected chi connectivity index (χ2v) is 7.68. The van der Waals surface area contributed by atoms with E-state index in [9.17, 15) is 17.6 Å². The highest BCUT2D eigenvalue weighted by atomic mass is 35.5. The number of alkyl halides is 1. The summed E-state index contributed by atoms with van der Waals surface area (Å²) in [6, 6.07) is 4.52. The summed E-state index contributed by atoms with van der Waals surface area (Å²) in [7, 11) is -3.71. The highest BCUT2D eigenvalue weighted by Crippen LogP contribution is 2.31. The van der Waals surface area contributed by atoms with E-state index in [1.54, 1.807) is 13.0 Å². The maximum atomic E-state index is 14.2. The van der Waals surface area contributed by atoms with Crippen LogP contribution in [0.3, 0.4) is 0 Å². The average Bonchev–Trinajstić information content (AvgIpc) is 2.42. The molecule has 0 spiro atoms. The van der Waals surface area contributed by atoms with Crippen molar-refractivity contribution in [2.45, 2.75) is 37.3 Å². The molecule has 1 aliphatic heterocycles. The SMILES string of the molecule is CC(=O)C1(F)CCN(S(=O)(=O)c2ccc(C)c(Cl)c2)CC1. The number of rotatable bonds is 3. The number of nitrogens with zero attached hydrogens (tertiary/aromatic N) is 1. The molecule has 0 radical (unpaired) electrons. The van der Waals surface area contributed by atoms with E-state index in [1.807, 2.05) is 0 Å². The number of Topliss-reactive ketones (excluding diaryl/α,β-unsaturated/α-hetero) is 1. The topological polar surface area (TPSA) is 54.5 Å². The van der Waals surface area contributed by atoms with E-state index in [4.69, 9.17) is 11.6 Å². The van der Waals surface area contributed by atoms with Crippen molar-refractivity contribution in [1.82, 2.24) is 4.31 Å². The normalized spacial score (nSPS) is 19.4. The molecule has 1 aromatic carbocycles. The Bertz CT molecular complexity index is 667. The molecule has 0 amide bonds. The third-order valence-corrected chi connectivity index (χ3v) is 6.23. The van der Waals surface area contributed by atoms with Gasteiger partial charge in [-0.25, -0.2) is 12.8 Å². The molecular formula is C14H17ClFNO3S. The molecule has 2 rings (SSSR count). The Hall–Kier alpha value is -0.980. The third-order valence-electron chi connectivity index (χ3n) is 3.93. The Morgan fingerprint density at radius 3 is 2.38 bits per heavy atom. The summed E-state index contributed by atoms with van der Waals surface area (Å²) in [5.74, 6) is -0.544. The summed E-state index contributed by atoms with van der Waals surface area (Å²) >= 11 is 5.96. The van der Waals surface area contributed by atoms with Gasteiger partial charge in [0.25, 0.3) is 0 Å². The monoisotopic (exact) mass is 333 g/mol. The number of hydrogen-bond donors (Lipinski definition) is 0. The second kappa shape index (κ2) is 5.66. The number of carbonyl (C=O) groups is 1. The number of piperidine rings is 1. The average molecular weight is 334 g/mol. The van der Waals surface area contributed by atoms with E-state index in [0.29, 0.717) is 5.02 Å². The fourth-order valence-corrected chi connectivity index (χ4v) is 4.03. The van der Waals surface area contributed by atoms with Crippen molar-refractivity contribution in [3.05, 3.63) is 28.8 Å². The van der Waals surface area contributed by atoms with Crippen molar-refractivity contribution in [3.8, 4) is 0 Å². The van der Waals surface area contributed by atoms with E-state index in [0.717, 1.165) is 5.56 Å². The quantitative estimate of drug-likeness (QED) is 0.854. The fraction of sp³-hybridized carbons (Fsp3) is 0.500. The number of hydrogen-bond acceptors (Lipinski definition) is 3. The largest absolute Gasteiger partial charge is 0.296 e. The predicted octanol–water partition coefficient (Wildman–Crippen LogP) is 2.73. The number of aryl methyl sites for hydroxylation is 1. The summed E-state index contributed by atoms with van der Waals surface area (Å²) < 4.78 is 40.4. The summed E-state index contributed by atoms with van der Waals surface area (Å²) in [5, 5.41) is 0.372. The van der Waals surface area contributed by atoms with Crippen molar-refractivity contribution >= 4 is 27.4 Å². The van der Waals surface area contributed by atoms with Crippen LogP contribution < -0.4 is 0 Å². The Kier molecular flexibility index (Phi) is 4.42. The second-order valence-electron chi connectivity index (χ2n) is 5.34. The van der Waals surface area contributed by atoms with Crippen LogP contribution in [0.15, 0.2) is 23.1 Å². The standard InChI is InChI=1S/C14H17ClFNO3S/c1-10-3-4-12(9-13(10)15)21(19,20)17-7-5-14(16,6-8-17)11(2)18/h3-4,9H,5-8H2,1-2H3. The molecule has 0 aliphatic carbocycles. The Balaban J connectivity index is 2.22. The molecule has 0 bridgehead atoms. The molecule has 0 aromatic heterocycles. The molecule has 4 nitrogen and oxygen atoms in total. The van der Waals surface area contributed by atoms with Gasteiger partial charge in [-0.05, 0) is 31.5 Å². The van der Waals surface area contributed by atoms with Gasteiger partial charge in [-0.3, -0.25) is 4.79 Å². The molecular weight excluding hydrogens is 317 g/mol. The van der Waals surface area contributed by atoms with Crippen LogP contribution in [0.2, 0.25) is 5.02 Å². The zero-order valence-corrected chi connectivity index (χ0v) is 13.5. The third kappa shape index (κ3) is 3.12. The van der Waals surface area contributed by atoms with E-state index in [-0.39, 0.29) is 30.8 Å². The minimum Gasteiger partial charge on any atom is -0.296 e. The molecule has 1 fully saturated rings. The minimum absolute atomic E-state index is 0.0100. The number of ketones is 1. The van der Waals surface area contributed by atoms with Crippen LogP contribution in [0.25, 0.3) is 0 Å². The van der Waals surface area contributed by atoms with Crippen LogP contribution in [0.4, 0.5) is 4.39 Å². The van der Waals surface area contributed by atoms with Gasteiger partial charge in [-0.15, -0.1) is 0 Å². The molecule has 0 saturated carbocycles. The summed E-state index contributed by atoms with van der Waals surface area (Å²) in [4.78, 5) is 11.4. The lowest BCUT2D eigenvalue weighted by Crippen LogP contribution is -2.47. The van der Waals surface area contributed by atoms with E-state index >= 15 is 0 Å². The molecule has 0 N–H and O–H groups in total. The minimum atomic E-state index is -3.71. The predicted molar refractivity (Wildman–Crippen MR) is 78.7 cm³/mol. The molecule has 7 heteroatoms. The first-order chi connectivity index (χ1) is 9.67. The first-order valence-corrected chi connectivity index (χ1v) is 8.45. The Labute approximate surface area is 128 Å². The van der Waals surface area contributed by atoms with Crippen LogP contribution in [0.1, 0.15) is 25.3 Å². The molecule has 0 atom stereocenters. The van der Waals surface area contributed by atoms with Crippen LogP contribution >= 0.6 is 11.6 Å². The van der Waals surface area contributed by atoms with E-state index < -0.39 is 21.5 Å². The molecule has 0 unspecified atom stereocenters. The maximum Gasteiger partial charge on any atom is 0.243 e. The molecule has 1 saturated heterocycles. The first-order valence-electron chi connectivity index (χ1n) is 6.63. The fourth-order valence-electron chi connectivity index (χ4n) is 2.32. The van der Waals surface area contributed by atoms with Crippen molar-refractivity contribution in [3.63, 3.8) is 0 Å². The van der Waals surface area contributed by atoms with Crippen molar-refractivity contribution in [2.24, 2.45) is 0 Å². The molecule has 1 heterocycles. The van der Waals surface area contributed by atoms with Gasteiger partial charge in [0.05, 0.1) is 4.90 Å². The molecule has 21 heavy (non-hydrogen) atoms. The highest BCUT2D eigenvalue weighted by molar-refractivity contribution is 7.89.